The van der Waals surface area contributed by atoms with Gasteiger partial charge >= 0.3 is 0 Å². The number of nitrogens with zero attached hydrogens (tertiary/aromatic N) is 1. The third kappa shape index (κ3) is 5.08. The average Bonchev–Trinajstić information content (AvgIpc) is 2.69. The second kappa shape index (κ2) is 6.36. The summed E-state index contributed by atoms with van der Waals surface area (Å²) in [5.41, 5.74) is 2.34. The molecule has 3 heteroatoms. The molecular formula is C13H24N2S. The molecule has 92 valence electrons. The van der Waals surface area contributed by atoms with Crippen molar-refractivity contribution in [1.29, 1.82) is 0 Å². The van der Waals surface area contributed by atoms with Gasteiger partial charge in [0.05, 0.1) is 5.51 Å². The first-order valence-corrected chi connectivity index (χ1v) is 7.02. The molecule has 0 bridgehead atoms. The maximum Gasteiger partial charge on any atom is 0.0794 e. The molecule has 0 amide bonds. The Bertz CT molecular complexity index is 275. The largest absolute Gasteiger partial charge is 0.309 e. The van der Waals surface area contributed by atoms with Gasteiger partial charge in [0.1, 0.15) is 0 Å². The van der Waals surface area contributed by atoms with Gasteiger partial charge in [-0.25, -0.2) is 0 Å². The molecule has 1 atom stereocenters. The minimum absolute atomic E-state index is 0.414. The van der Waals surface area contributed by atoms with Gasteiger partial charge in [0.15, 0.2) is 0 Å². The lowest BCUT2D eigenvalue weighted by atomic mass is 9.88. The third-order valence-electron chi connectivity index (χ3n) is 2.62. The summed E-state index contributed by atoms with van der Waals surface area (Å²) in [7, 11) is 0. The van der Waals surface area contributed by atoms with E-state index in [-0.39, 0.29) is 0 Å². The maximum absolute atomic E-state index is 4.17. The Kier molecular flexibility index (Phi) is 5.42. The molecule has 0 aliphatic heterocycles. The highest BCUT2D eigenvalue weighted by Gasteiger charge is 2.17. The zero-order valence-corrected chi connectivity index (χ0v) is 11.7. The van der Waals surface area contributed by atoms with Crippen molar-refractivity contribution in [2.75, 3.05) is 6.54 Å². The van der Waals surface area contributed by atoms with Crippen molar-refractivity contribution in [3.8, 4) is 0 Å². The Hall–Kier alpha value is -0.410. The molecule has 1 aromatic heterocycles. The third-order valence-corrected chi connectivity index (χ3v) is 3.51. The molecule has 0 spiro atoms. The van der Waals surface area contributed by atoms with Gasteiger partial charge in [0.25, 0.3) is 0 Å². The molecule has 1 heterocycles. The van der Waals surface area contributed by atoms with Crippen LogP contribution >= 0.6 is 11.3 Å². The van der Waals surface area contributed by atoms with Gasteiger partial charge in [-0.3, -0.25) is 4.98 Å². The van der Waals surface area contributed by atoms with Crippen LogP contribution < -0.4 is 5.32 Å². The maximum atomic E-state index is 4.17. The first-order chi connectivity index (χ1) is 7.53. The Morgan fingerprint density at radius 2 is 2.19 bits per heavy atom. The minimum Gasteiger partial charge on any atom is -0.309 e. The summed E-state index contributed by atoms with van der Waals surface area (Å²) >= 11 is 1.76. The molecule has 0 fully saturated rings. The van der Waals surface area contributed by atoms with E-state index in [1.807, 2.05) is 11.7 Å². The normalized spacial score (nSPS) is 14.0. The van der Waals surface area contributed by atoms with E-state index < -0.39 is 0 Å². The molecule has 16 heavy (non-hydrogen) atoms. The van der Waals surface area contributed by atoms with E-state index in [2.05, 4.69) is 38.0 Å². The lowest BCUT2D eigenvalue weighted by Gasteiger charge is -2.23. The molecule has 1 N–H and O–H groups in total. The van der Waals surface area contributed by atoms with Crippen LogP contribution in [0.1, 0.15) is 57.9 Å². The zero-order valence-electron chi connectivity index (χ0n) is 10.9. The smallest absolute Gasteiger partial charge is 0.0794 e. The summed E-state index contributed by atoms with van der Waals surface area (Å²) in [5.74, 6) is 0. The van der Waals surface area contributed by atoms with E-state index >= 15 is 0 Å². The minimum atomic E-state index is 0.414. The fourth-order valence-corrected chi connectivity index (χ4v) is 2.37. The molecule has 0 radical (unpaired) electrons. The molecule has 0 saturated heterocycles. The SMILES string of the molecule is CCCNC(CCC(C)(C)C)c1cncs1. The van der Waals surface area contributed by atoms with Crippen molar-refractivity contribution >= 4 is 11.3 Å². The van der Waals surface area contributed by atoms with E-state index in [0.29, 0.717) is 11.5 Å². The van der Waals surface area contributed by atoms with Crippen molar-refractivity contribution < 1.29 is 0 Å². The van der Waals surface area contributed by atoms with Gasteiger partial charge in [-0.2, -0.15) is 0 Å². The number of nitrogens with one attached hydrogen (secondary N) is 1. The van der Waals surface area contributed by atoms with Gasteiger partial charge < -0.3 is 5.32 Å². The highest BCUT2D eigenvalue weighted by Crippen LogP contribution is 2.28. The van der Waals surface area contributed by atoms with E-state index in [0.717, 1.165) is 6.54 Å². The average molecular weight is 240 g/mol. The first-order valence-electron chi connectivity index (χ1n) is 6.14. The quantitative estimate of drug-likeness (QED) is 0.812. The Balaban J connectivity index is 2.51. The van der Waals surface area contributed by atoms with E-state index in [1.54, 1.807) is 11.3 Å². The molecule has 1 rings (SSSR count). The van der Waals surface area contributed by atoms with E-state index in [1.165, 1.54) is 24.1 Å². The highest BCUT2D eigenvalue weighted by molar-refractivity contribution is 7.09. The summed E-state index contributed by atoms with van der Waals surface area (Å²) in [5, 5.41) is 3.61. The molecule has 0 aliphatic rings. The summed E-state index contributed by atoms with van der Waals surface area (Å²) in [4.78, 5) is 5.55. The predicted molar refractivity (Wildman–Crippen MR) is 71.8 cm³/mol. The molecule has 2 nitrogen and oxygen atoms in total. The van der Waals surface area contributed by atoms with Gasteiger partial charge in [-0.05, 0) is 31.2 Å². The highest BCUT2D eigenvalue weighted by atomic mass is 32.1. The van der Waals surface area contributed by atoms with Crippen molar-refractivity contribution in [2.24, 2.45) is 5.41 Å². The lowest BCUT2D eigenvalue weighted by Crippen LogP contribution is -2.23. The second-order valence-electron chi connectivity index (χ2n) is 5.51. The van der Waals surface area contributed by atoms with Crippen molar-refractivity contribution in [1.82, 2.24) is 10.3 Å². The topological polar surface area (TPSA) is 24.9 Å². The van der Waals surface area contributed by atoms with Gasteiger partial charge in [0, 0.05) is 17.1 Å². The summed E-state index contributed by atoms with van der Waals surface area (Å²) < 4.78 is 0. The van der Waals surface area contributed by atoms with Gasteiger partial charge in [-0.15, -0.1) is 11.3 Å². The molecule has 1 unspecified atom stereocenters. The first kappa shape index (κ1) is 13.7. The predicted octanol–water partition coefficient (Wildman–Crippen LogP) is 4.01. The number of hydrogen-bond acceptors (Lipinski definition) is 3. The van der Waals surface area contributed by atoms with Crippen LogP contribution in [0.25, 0.3) is 0 Å². The fourth-order valence-electron chi connectivity index (χ4n) is 1.64. The van der Waals surface area contributed by atoms with Crippen LogP contribution in [0.4, 0.5) is 0 Å². The number of rotatable bonds is 6. The van der Waals surface area contributed by atoms with E-state index in [4.69, 9.17) is 0 Å². The van der Waals surface area contributed by atoms with Gasteiger partial charge in [-0.1, -0.05) is 27.7 Å². The van der Waals surface area contributed by atoms with Crippen LogP contribution in [0.2, 0.25) is 0 Å². The number of thiazole rings is 1. The molecule has 0 aromatic carbocycles. The van der Waals surface area contributed by atoms with Crippen LogP contribution in [-0.4, -0.2) is 11.5 Å². The van der Waals surface area contributed by atoms with Crippen LogP contribution in [-0.2, 0) is 0 Å². The number of hydrogen-bond donors (Lipinski definition) is 1. The number of aromatic nitrogens is 1. The van der Waals surface area contributed by atoms with Crippen molar-refractivity contribution in [3.63, 3.8) is 0 Å². The monoisotopic (exact) mass is 240 g/mol. The summed E-state index contributed by atoms with van der Waals surface area (Å²) in [6.45, 7) is 10.2. The zero-order chi connectivity index (χ0) is 12.0. The van der Waals surface area contributed by atoms with Crippen LogP contribution in [0.3, 0.4) is 0 Å². The summed E-state index contributed by atoms with van der Waals surface area (Å²) in [6, 6.07) is 0.492. The standard InChI is InChI=1S/C13H24N2S/c1-5-8-15-11(6-7-13(2,3)4)12-9-14-10-16-12/h9-11,15H,5-8H2,1-4H3. The van der Waals surface area contributed by atoms with Crippen molar-refractivity contribution in [3.05, 3.63) is 16.6 Å². The Morgan fingerprint density at radius 3 is 2.69 bits per heavy atom. The molecule has 0 saturated carbocycles. The van der Waals surface area contributed by atoms with Crippen LogP contribution in [0, 0.1) is 5.41 Å². The van der Waals surface area contributed by atoms with Crippen molar-refractivity contribution in [2.45, 2.75) is 53.0 Å². The summed E-state index contributed by atoms with van der Waals surface area (Å²) in [6.07, 6.45) is 5.63. The Labute approximate surface area is 103 Å². The molecular weight excluding hydrogens is 216 g/mol. The Morgan fingerprint density at radius 1 is 1.44 bits per heavy atom. The molecule has 1 aromatic rings. The second-order valence-corrected chi connectivity index (χ2v) is 6.43. The van der Waals surface area contributed by atoms with Gasteiger partial charge in [0.2, 0.25) is 0 Å². The van der Waals surface area contributed by atoms with Crippen LogP contribution in [0.5, 0.6) is 0 Å². The lowest BCUT2D eigenvalue weighted by molar-refractivity contribution is 0.333. The molecule has 0 aliphatic carbocycles. The van der Waals surface area contributed by atoms with E-state index in [9.17, 15) is 0 Å². The van der Waals surface area contributed by atoms with Crippen LogP contribution in [0.15, 0.2) is 11.7 Å². The fraction of sp³-hybridized carbons (Fsp3) is 0.769.